The Morgan fingerprint density at radius 3 is 2.31 bits per heavy atom. The van der Waals surface area contributed by atoms with Crippen molar-refractivity contribution in [1.29, 1.82) is 0 Å². The molecule has 0 radical (unpaired) electrons. The van der Waals surface area contributed by atoms with Crippen LogP contribution in [0.15, 0.2) is 0 Å². The van der Waals surface area contributed by atoms with Crippen LogP contribution in [0.2, 0.25) is 18.1 Å². The highest BCUT2D eigenvalue weighted by Gasteiger charge is 2.64. The Balaban J connectivity index is 1.31. The van der Waals surface area contributed by atoms with Crippen molar-refractivity contribution < 1.29 is 18.7 Å². The minimum absolute atomic E-state index is 0.251. The van der Waals surface area contributed by atoms with E-state index in [1.165, 1.54) is 25.7 Å². The van der Waals surface area contributed by atoms with Gasteiger partial charge >= 0.3 is 0 Å². The number of carbonyl (C=O) groups excluding carboxylic acids is 1. The van der Waals surface area contributed by atoms with E-state index in [2.05, 4.69) is 54.6 Å². The lowest BCUT2D eigenvalue weighted by molar-refractivity contribution is -0.227. The second-order valence-corrected chi connectivity index (χ2v) is 20.0. The molecule has 0 aromatic carbocycles. The van der Waals surface area contributed by atoms with Crippen LogP contribution in [0, 0.1) is 46.3 Å². The number of carbonyl (C=O) groups is 1. The third kappa shape index (κ3) is 4.14. The van der Waals surface area contributed by atoms with Crippen molar-refractivity contribution in [2.45, 2.75) is 117 Å². The maximum absolute atomic E-state index is 13.9. The molecule has 8 atom stereocenters. The monoisotopic (exact) mass is 504 g/mol. The van der Waals surface area contributed by atoms with E-state index in [1.54, 1.807) is 0 Å². The molecule has 0 N–H and O–H groups in total. The summed E-state index contributed by atoms with van der Waals surface area (Å²) in [6.07, 6.45) is 8.82. The van der Waals surface area contributed by atoms with Crippen LogP contribution in [0.3, 0.4) is 0 Å². The van der Waals surface area contributed by atoms with Gasteiger partial charge < -0.3 is 13.9 Å². The Kier molecular flexibility index (Phi) is 6.51. The third-order valence-electron chi connectivity index (χ3n) is 12.6. The van der Waals surface area contributed by atoms with Gasteiger partial charge in [-0.1, -0.05) is 41.5 Å². The van der Waals surface area contributed by atoms with E-state index < -0.39 is 14.1 Å². The van der Waals surface area contributed by atoms with Gasteiger partial charge in [0.2, 0.25) is 0 Å². The summed E-state index contributed by atoms with van der Waals surface area (Å²) in [5.41, 5.74) is 0.541. The van der Waals surface area contributed by atoms with E-state index in [0.717, 1.165) is 32.3 Å². The van der Waals surface area contributed by atoms with Crippen molar-refractivity contribution in [1.82, 2.24) is 0 Å². The molecule has 4 saturated carbocycles. The average molecular weight is 505 g/mol. The molecule has 5 rings (SSSR count). The smallest absolute Gasteiger partial charge is 0.191 e. The lowest BCUT2D eigenvalue weighted by Crippen LogP contribution is -2.59. The van der Waals surface area contributed by atoms with Gasteiger partial charge in [0.05, 0.1) is 13.2 Å². The summed E-state index contributed by atoms with van der Waals surface area (Å²) in [6.45, 7) is 21.5. The van der Waals surface area contributed by atoms with E-state index in [-0.39, 0.29) is 21.8 Å². The quantitative estimate of drug-likeness (QED) is 0.379. The number of ether oxygens (including phenoxy) is 2. The molecular weight excluding hydrogens is 452 g/mol. The number of hydrogen-bond acceptors (Lipinski definition) is 4. The topological polar surface area (TPSA) is 44.8 Å². The fourth-order valence-electron chi connectivity index (χ4n) is 9.28. The van der Waals surface area contributed by atoms with Crippen LogP contribution in [0.5, 0.6) is 0 Å². The first-order chi connectivity index (χ1) is 16.2. The Labute approximate surface area is 215 Å². The predicted octanol–water partition coefficient (Wildman–Crippen LogP) is 7.23. The van der Waals surface area contributed by atoms with Gasteiger partial charge in [-0.05, 0) is 90.7 Å². The SMILES string of the molecule is C[C@H](CO[Si](C)(C)C(C)(C)C)[C@H]1CCC2C3C(=O)C[C@H]4CC5(CC[C@]4(C)C3CC[C@@]21C)OCCO5. The van der Waals surface area contributed by atoms with Crippen molar-refractivity contribution in [2.24, 2.45) is 46.3 Å². The molecule has 0 bridgehead atoms. The summed E-state index contributed by atoms with van der Waals surface area (Å²) >= 11 is 0. The molecule has 3 unspecified atom stereocenters. The van der Waals surface area contributed by atoms with Gasteiger partial charge in [0, 0.05) is 31.8 Å². The first kappa shape index (κ1) is 26.4. The summed E-state index contributed by atoms with van der Waals surface area (Å²) in [5, 5.41) is 0.251. The molecule has 5 fully saturated rings. The molecule has 200 valence electrons. The molecule has 4 nitrogen and oxygen atoms in total. The highest BCUT2D eigenvalue weighted by Crippen LogP contribution is 2.68. The zero-order valence-electron chi connectivity index (χ0n) is 23.9. The summed E-state index contributed by atoms with van der Waals surface area (Å²) in [5.74, 6) is 3.20. The standard InChI is InChI=1S/C30H52O4Si/c1-20(19-34-35(7,8)27(2,3)4)22-9-10-23-26-24(11-12-29(22,23)6)28(5)13-14-30(32-15-16-33-30)18-21(28)17-25(26)31/h20-24,26H,9-19H2,1-8H3/t20-,21+,22-,23?,24?,26?,28+,29-/m1/s1. The van der Waals surface area contributed by atoms with Gasteiger partial charge in [-0.2, -0.15) is 0 Å². The number of fused-ring (bicyclic) bond motifs is 5. The molecule has 1 heterocycles. The van der Waals surface area contributed by atoms with Crippen LogP contribution in [-0.4, -0.2) is 39.7 Å². The fourth-order valence-corrected chi connectivity index (χ4v) is 10.4. The fraction of sp³-hybridized carbons (Fsp3) is 0.967. The molecule has 4 aliphatic carbocycles. The summed E-state index contributed by atoms with van der Waals surface area (Å²) in [4.78, 5) is 13.9. The minimum Gasteiger partial charge on any atom is -0.417 e. The summed E-state index contributed by atoms with van der Waals surface area (Å²) in [7, 11) is -1.74. The first-order valence-electron chi connectivity index (χ1n) is 14.7. The van der Waals surface area contributed by atoms with Crippen LogP contribution >= 0.6 is 0 Å². The van der Waals surface area contributed by atoms with Gasteiger partial charge in [0.25, 0.3) is 0 Å². The highest BCUT2D eigenvalue weighted by atomic mass is 28.4. The first-order valence-corrected chi connectivity index (χ1v) is 17.6. The van der Waals surface area contributed by atoms with E-state index in [1.807, 2.05) is 0 Å². The zero-order valence-corrected chi connectivity index (χ0v) is 24.9. The van der Waals surface area contributed by atoms with Crippen LogP contribution in [0.25, 0.3) is 0 Å². The number of rotatable bonds is 4. The van der Waals surface area contributed by atoms with Crippen molar-refractivity contribution in [3.05, 3.63) is 0 Å². The minimum atomic E-state index is -1.74. The van der Waals surface area contributed by atoms with Crippen LogP contribution in [-0.2, 0) is 18.7 Å². The molecule has 1 aliphatic heterocycles. The lowest BCUT2D eigenvalue weighted by Gasteiger charge is -2.61. The Hall–Kier alpha value is -0.233. The molecule has 5 heteroatoms. The second kappa shape index (κ2) is 8.64. The van der Waals surface area contributed by atoms with Gasteiger partial charge in [0.1, 0.15) is 5.78 Å². The van der Waals surface area contributed by atoms with Crippen LogP contribution in [0.1, 0.15) is 92.9 Å². The Morgan fingerprint density at radius 2 is 1.66 bits per heavy atom. The molecule has 0 aromatic rings. The molecule has 1 saturated heterocycles. The molecule has 5 aliphatic rings. The predicted molar refractivity (Wildman–Crippen MR) is 143 cm³/mol. The number of ketones is 1. The van der Waals surface area contributed by atoms with Gasteiger partial charge in [-0.3, -0.25) is 4.79 Å². The molecule has 35 heavy (non-hydrogen) atoms. The van der Waals surface area contributed by atoms with Gasteiger partial charge in [-0.15, -0.1) is 0 Å². The third-order valence-corrected chi connectivity index (χ3v) is 17.1. The van der Waals surface area contributed by atoms with Crippen LogP contribution < -0.4 is 0 Å². The molecular formula is C30H52O4Si. The van der Waals surface area contributed by atoms with Crippen molar-refractivity contribution in [3.63, 3.8) is 0 Å². The van der Waals surface area contributed by atoms with Crippen molar-refractivity contribution >= 4 is 14.1 Å². The normalized spacial score (nSPS) is 44.1. The molecule has 0 aromatic heterocycles. The van der Waals surface area contributed by atoms with E-state index in [0.29, 0.717) is 48.6 Å². The largest absolute Gasteiger partial charge is 0.417 e. The molecule has 0 amide bonds. The number of hydrogen-bond donors (Lipinski definition) is 0. The van der Waals surface area contributed by atoms with Crippen molar-refractivity contribution in [2.75, 3.05) is 19.8 Å². The molecule has 1 spiro atoms. The number of Topliss-reactive ketones (excluding diaryl/α,β-unsaturated/α-hetero) is 1. The summed E-state index contributed by atoms with van der Waals surface area (Å²) < 4.78 is 18.9. The van der Waals surface area contributed by atoms with E-state index >= 15 is 0 Å². The van der Waals surface area contributed by atoms with Crippen molar-refractivity contribution in [3.8, 4) is 0 Å². The maximum atomic E-state index is 13.9. The maximum Gasteiger partial charge on any atom is 0.191 e. The van der Waals surface area contributed by atoms with E-state index in [4.69, 9.17) is 13.9 Å². The average Bonchev–Trinajstić information content (AvgIpc) is 3.37. The zero-order chi connectivity index (χ0) is 25.4. The van der Waals surface area contributed by atoms with Gasteiger partial charge in [0.15, 0.2) is 14.1 Å². The lowest BCUT2D eigenvalue weighted by atomic mass is 9.44. The second-order valence-electron chi connectivity index (χ2n) is 15.2. The highest BCUT2D eigenvalue weighted by molar-refractivity contribution is 6.74. The Morgan fingerprint density at radius 1 is 1.00 bits per heavy atom. The van der Waals surface area contributed by atoms with Gasteiger partial charge in [-0.25, -0.2) is 0 Å². The Bertz CT molecular complexity index is 827. The van der Waals surface area contributed by atoms with Crippen LogP contribution in [0.4, 0.5) is 0 Å². The van der Waals surface area contributed by atoms with E-state index in [9.17, 15) is 4.79 Å². The summed E-state index contributed by atoms with van der Waals surface area (Å²) in [6, 6.07) is 0.